The fourth-order valence-electron chi connectivity index (χ4n) is 3.44. The molecule has 4 heterocycles. The van der Waals surface area contributed by atoms with Crippen LogP contribution in [0, 0.1) is 0 Å². The van der Waals surface area contributed by atoms with Gasteiger partial charge in [0.2, 0.25) is 0 Å². The number of amides is 1. The minimum absolute atomic E-state index is 0.0147. The van der Waals surface area contributed by atoms with Crippen LogP contribution in [-0.2, 0) is 27.2 Å². The number of aryl methyl sites for hydroxylation is 3. The van der Waals surface area contributed by atoms with Crippen LogP contribution < -0.4 is 0 Å². The van der Waals surface area contributed by atoms with Crippen LogP contribution >= 0.6 is 0 Å². The normalized spacial score (nSPS) is 15.6. The summed E-state index contributed by atoms with van der Waals surface area (Å²) in [5.41, 5.74) is 2.88. The molecule has 1 aliphatic heterocycles. The summed E-state index contributed by atoms with van der Waals surface area (Å²) in [6.07, 6.45) is 3.52. The van der Waals surface area contributed by atoms with Crippen LogP contribution in [0.4, 0.5) is 0 Å². The van der Waals surface area contributed by atoms with Crippen molar-refractivity contribution in [3.8, 4) is 0 Å². The molecular formula is C18H22N6O2. The maximum atomic E-state index is 12.8. The number of aliphatic hydroxyl groups excluding tert-OH is 1. The van der Waals surface area contributed by atoms with Gasteiger partial charge in [-0.05, 0) is 30.7 Å². The summed E-state index contributed by atoms with van der Waals surface area (Å²) < 4.78 is 5.37. The second-order valence-corrected chi connectivity index (χ2v) is 6.65. The third kappa shape index (κ3) is 2.82. The van der Waals surface area contributed by atoms with Crippen molar-refractivity contribution < 1.29 is 9.90 Å². The Morgan fingerprint density at radius 3 is 2.81 bits per heavy atom. The van der Waals surface area contributed by atoms with Gasteiger partial charge in [-0.25, -0.2) is 0 Å². The summed E-state index contributed by atoms with van der Waals surface area (Å²) in [6, 6.07) is 7.37. The topological polar surface area (TPSA) is 81.1 Å². The van der Waals surface area contributed by atoms with Crippen molar-refractivity contribution in [3.63, 3.8) is 0 Å². The molecule has 1 unspecified atom stereocenters. The lowest BCUT2D eigenvalue weighted by Gasteiger charge is -2.20. The molecule has 1 N–H and O–H groups in total. The summed E-state index contributed by atoms with van der Waals surface area (Å²) in [5.74, 6) is 0.0147. The van der Waals surface area contributed by atoms with Crippen LogP contribution in [0.3, 0.4) is 0 Å². The Morgan fingerprint density at radius 1 is 1.27 bits per heavy atom. The van der Waals surface area contributed by atoms with Crippen LogP contribution in [0.1, 0.15) is 40.1 Å². The van der Waals surface area contributed by atoms with E-state index in [1.807, 2.05) is 45.6 Å². The molecule has 3 aromatic rings. The molecule has 26 heavy (non-hydrogen) atoms. The van der Waals surface area contributed by atoms with Gasteiger partial charge in [-0.2, -0.15) is 10.2 Å². The molecule has 0 radical (unpaired) electrons. The highest BCUT2D eigenvalue weighted by Crippen LogP contribution is 2.23. The van der Waals surface area contributed by atoms with Crippen LogP contribution in [0.5, 0.6) is 0 Å². The van der Waals surface area contributed by atoms with E-state index in [0.717, 1.165) is 18.7 Å². The highest BCUT2D eigenvalue weighted by molar-refractivity contribution is 5.92. The fourth-order valence-corrected chi connectivity index (χ4v) is 3.44. The molecule has 0 spiro atoms. The largest absolute Gasteiger partial charge is 0.380 e. The lowest BCUT2D eigenvalue weighted by Crippen LogP contribution is -2.31. The van der Waals surface area contributed by atoms with Gasteiger partial charge >= 0.3 is 0 Å². The van der Waals surface area contributed by atoms with Crippen LogP contribution in [0.25, 0.3) is 0 Å². The molecule has 1 atom stereocenters. The quantitative estimate of drug-likeness (QED) is 0.763. The Morgan fingerprint density at radius 2 is 2.12 bits per heavy atom. The van der Waals surface area contributed by atoms with E-state index < -0.39 is 6.10 Å². The molecule has 0 aromatic carbocycles. The van der Waals surface area contributed by atoms with Gasteiger partial charge in [0.1, 0.15) is 11.8 Å². The number of hydrogen-bond donors (Lipinski definition) is 1. The number of aliphatic hydroxyl groups is 1. The summed E-state index contributed by atoms with van der Waals surface area (Å²) in [7, 11) is 3.66. The van der Waals surface area contributed by atoms with Gasteiger partial charge in [0.25, 0.3) is 5.91 Å². The van der Waals surface area contributed by atoms with Crippen LogP contribution in [0.15, 0.2) is 36.7 Å². The first-order valence-electron chi connectivity index (χ1n) is 8.68. The number of fused-ring (bicyclic) bond motifs is 1. The summed E-state index contributed by atoms with van der Waals surface area (Å²) in [4.78, 5) is 14.7. The minimum atomic E-state index is -0.834. The SMILES string of the molecule is Cn1cccc1C(=O)N1CCCn2nc(C(O)c3ccnn3C)cc2C1. The van der Waals surface area contributed by atoms with Gasteiger partial charge < -0.3 is 14.6 Å². The zero-order valence-corrected chi connectivity index (χ0v) is 14.9. The van der Waals surface area contributed by atoms with Crippen molar-refractivity contribution in [2.24, 2.45) is 14.1 Å². The van der Waals surface area contributed by atoms with Crippen molar-refractivity contribution in [2.45, 2.75) is 25.6 Å². The lowest BCUT2D eigenvalue weighted by molar-refractivity contribution is 0.0736. The molecule has 8 heteroatoms. The molecule has 136 valence electrons. The van der Waals surface area contributed by atoms with Crippen molar-refractivity contribution in [3.05, 3.63) is 59.4 Å². The Balaban J connectivity index is 1.59. The highest BCUT2D eigenvalue weighted by atomic mass is 16.3. The maximum absolute atomic E-state index is 12.8. The Labute approximate surface area is 151 Å². The predicted octanol–water partition coefficient (Wildman–Crippen LogP) is 1.08. The Bertz CT molecular complexity index is 937. The summed E-state index contributed by atoms with van der Waals surface area (Å²) >= 11 is 0. The van der Waals surface area contributed by atoms with Crippen molar-refractivity contribution in [1.29, 1.82) is 0 Å². The van der Waals surface area contributed by atoms with Gasteiger partial charge in [0.15, 0.2) is 0 Å². The average Bonchev–Trinajstić information content (AvgIpc) is 3.31. The van der Waals surface area contributed by atoms with Gasteiger partial charge in [-0.15, -0.1) is 0 Å². The van der Waals surface area contributed by atoms with E-state index in [-0.39, 0.29) is 5.91 Å². The fraction of sp³-hybridized carbons (Fsp3) is 0.389. The highest BCUT2D eigenvalue weighted by Gasteiger charge is 2.25. The smallest absolute Gasteiger partial charge is 0.270 e. The predicted molar refractivity (Wildman–Crippen MR) is 94.3 cm³/mol. The first-order chi connectivity index (χ1) is 12.5. The maximum Gasteiger partial charge on any atom is 0.270 e. The van der Waals surface area contributed by atoms with Gasteiger partial charge in [0, 0.05) is 39.6 Å². The minimum Gasteiger partial charge on any atom is -0.380 e. The monoisotopic (exact) mass is 354 g/mol. The Hall–Kier alpha value is -2.87. The number of aromatic nitrogens is 5. The molecular weight excluding hydrogens is 332 g/mol. The molecule has 1 amide bonds. The second kappa shape index (κ2) is 6.45. The molecule has 0 bridgehead atoms. The first kappa shape index (κ1) is 16.6. The first-order valence-corrected chi connectivity index (χ1v) is 8.68. The average molecular weight is 354 g/mol. The second-order valence-electron chi connectivity index (χ2n) is 6.65. The number of rotatable bonds is 3. The van der Waals surface area contributed by atoms with E-state index in [9.17, 15) is 9.90 Å². The van der Waals surface area contributed by atoms with E-state index in [0.29, 0.717) is 30.2 Å². The molecule has 1 aliphatic rings. The third-order valence-electron chi connectivity index (χ3n) is 4.90. The Kier molecular flexibility index (Phi) is 4.12. The van der Waals surface area contributed by atoms with Crippen LogP contribution in [-0.4, -0.2) is 46.6 Å². The molecule has 0 fully saturated rings. The summed E-state index contributed by atoms with van der Waals surface area (Å²) in [5, 5.41) is 19.3. The number of nitrogens with zero attached hydrogens (tertiary/aromatic N) is 6. The molecule has 3 aromatic heterocycles. The van der Waals surface area contributed by atoms with Gasteiger partial charge in [0.05, 0.1) is 23.6 Å². The van der Waals surface area contributed by atoms with E-state index in [2.05, 4.69) is 10.2 Å². The van der Waals surface area contributed by atoms with E-state index in [1.54, 1.807) is 24.0 Å². The van der Waals surface area contributed by atoms with Crippen molar-refractivity contribution in [2.75, 3.05) is 6.54 Å². The number of carbonyl (C=O) groups is 1. The number of hydrogen-bond acceptors (Lipinski definition) is 4. The van der Waals surface area contributed by atoms with E-state index >= 15 is 0 Å². The standard InChI is InChI=1S/C18H22N6O2/c1-21-8-3-5-16(21)18(26)23-9-4-10-24-13(12-23)11-14(20-24)17(25)15-6-7-19-22(15)2/h3,5-8,11,17,25H,4,9-10,12H2,1-2H3. The van der Waals surface area contributed by atoms with Crippen molar-refractivity contribution in [1.82, 2.24) is 29.0 Å². The molecule has 0 saturated carbocycles. The zero-order chi connectivity index (χ0) is 18.3. The van der Waals surface area contributed by atoms with Gasteiger partial charge in [-0.1, -0.05) is 0 Å². The lowest BCUT2D eigenvalue weighted by atomic mass is 10.2. The van der Waals surface area contributed by atoms with Gasteiger partial charge in [-0.3, -0.25) is 14.2 Å². The van der Waals surface area contributed by atoms with E-state index in [4.69, 9.17) is 0 Å². The molecule has 8 nitrogen and oxygen atoms in total. The third-order valence-corrected chi connectivity index (χ3v) is 4.90. The summed E-state index contributed by atoms with van der Waals surface area (Å²) in [6.45, 7) is 1.90. The zero-order valence-electron chi connectivity index (χ0n) is 14.9. The molecule has 4 rings (SSSR count). The number of carbonyl (C=O) groups excluding carboxylic acids is 1. The van der Waals surface area contributed by atoms with E-state index in [1.165, 1.54) is 0 Å². The van der Waals surface area contributed by atoms with Crippen molar-refractivity contribution >= 4 is 5.91 Å². The molecule has 0 aliphatic carbocycles. The van der Waals surface area contributed by atoms with Crippen LogP contribution in [0.2, 0.25) is 0 Å². The molecule has 0 saturated heterocycles.